The van der Waals surface area contributed by atoms with E-state index in [0.29, 0.717) is 51.4 Å². The first-order chi connectivity index (χ1) is 35.8. The summed E-state index contributed by atoms with van der Waals surface area (Å²) < 4.78 is 6.04. The second-order valence-corrected chi connectivity index (χ2v) is 26.7. The van der Waals surface area contributed by atoms with Crippen molar-refractivity contribution in [3.05, 3.63) is 154 Å². The number of aryl methyl sites for hydroxylation is 1. The molecule has 0 bridgehead atoms. The molecule has 1 N–H and O–H groups in total. The number of para-hydroxylation sites is 1. The zero-order valence-electron chi connectivity index (χ0n) is 45.0. The average molecular weight is 1060 g/mol. The summed E-state index contributed by atoms with van der Waals surface area (Å²) in [6.07, 6.45) is 5.58. The van der Waals surface area contributed by atoms with E-state index in [1.807, 2.05) is 34.7 Å². The average Bonchev–Trinajstić information content (AvgIpc) is 4.20. The number of aromatic nitrogens is 3. The van der Waals surface area contributed by atoms with Gasteiger partial charge in [0, 0.05) is 70.0 Å². The molecular formula is C62H66N6O4S3. The van der Waals surface area contributed by atoms with Crippen LogP contribution in [-0.4, -0.2) is 39.4 Å². The molecule has 3 atom stereocenters. The van der Waals surface area contributed by atoms with Crippen molar-refractivity contribution in [3.8, 4) is 5.75 Å². The van der Waals surface area contributed by atoms with Crippen LogP contribution in [0.3, 0.4) is 0 Å². The monoisotopic (exact) mass is 1050 g/mol. The van der Waals surface area contributed by atoms with E-state index in [1.165, 1.54) is 0 Å². The molecule has 0 saturated heterocycles. The molecule has 6 heterocycles. The quantitative estimate of drug-likeness (QED) is 0.150. The lowest BCUT2D eigenvalue weighted by Crippen LogP contribution is -2.46. The van der Waals surface area contributed by atoms with Gasteiger partial charge in [0.25, 0.3) is 0 Å². The number of hydrogen-bond acceptors (Lipinski definition) is 13. The molecule has 3 aliphatic heterocycles. The second-order valence-electron chi connectivity index (χ2n) is 24.2. The molecular weight excluding hydrogens is 989 g/mol. The van der Waals surface area contributed by atoms with E-state index in [-0.39, 0.29) is 33.6 Å². The maximum absolute atomic E-state index is 15.3. The summed E-state index contributed by atoms with van der Waals surface area (Å²) in [5.41, 5.74) is 14.5. The topological polar surface area (TPSA) is 118 Å². The minimum absolute atomic E-state index is 0.157. The smallest absolute Gasteiger partial charge is 0.162 e. The molecule has 0 amide bonds. The minimum Gasteiger partial charge on any atom is -0.496 e. The molecule has 3 aromatic carbocycles. The number of rotatable bonds is 9. The summed E-state index contributed by atoms with van der Waals surface area (Å²) in [5.74, 6) is 3.82. The van der Waals surface area contributed by atoms with Crippen molar-refractivity contribution in [1.82, 2.24) is 15.0 Å². The van der Waals surface area contributed by atoms with Crippen LogP contribution in [0.15, 0.2) is 117 Å². The molecule has 0 saturated carbocycles. The first-order valence-corrected chi connectivity index (χ1v) is 29.3. The highest BCUT2D eigenvalue weighted by Gasteiger charge is 2.57. The van der Waals surface area contributed by atoms with Crippen molar-refractivity contribution in [2.75, 3.05) is 22.2 Å². The van der Waals surface area contributed by atoms with Gasteiger partial charge in [-0.3, -0.25) is 24.2 Å². The molecule has 3 aliphatic carbocycles. The number of anilines is 5. The lowest BCUT2D eigenvalue weighted by molar-refractivity contribution is -0.119. The summed E-state index contributed by atoms with van der Waals surface area (Å²) in [7, 11) is 1.71. The van der Waals surface area contributed by atoms with Crippen molar-refractivity contribution in [3.63, 3.8) is 0 Å². The summed E-state index contributed by atoms with van der Waals surface area (Å²) in [6, 6.07) is 23.6. The number of Topliss-reactive ketones (excluding diaryl/α,β-unsaturated/α-hetero) is 3. The highest BCUT2D eigenvalue weighted by Crippen LogP contribution is 2.63. The van der Waals surface area contributed by atoms with Gasteiger partial charge in [0.15, 0.2) is 29.0 Å². The number of fused-ring (bicyclic) bond motifs is 3. The van der Waals surface area contributed by atoms with Crippen LogP contribution in [0.4, 0.5) is 28.8 Å². The highest BCUT2D eigenvalue weighted by atomic mass is 32.1. The Morgan fingerprint density at radius 3 is 1.64 bits per heavy atom. The summed E-state index contributed by atoms with van der Waals surface area (Å²) >= 11 is 4.84. The number of carbonyl (C=O) groups is 3. The van der Waals surface area contributed by atoms with Crippen molar-refractivity contribution in [1.29, 1.82) is 0 Å². The zero-order valence-corrected chi connectivity index (χ0v) is 47.5. The van der Waals surface area contributed by atoms with Crippen LogP contribution in [0, 0.1) is 23.2 Å². The van der Waals surface area contributed by atoms with Gasteiger partial charge in [0.2, 0.25) is 0 Å². The largest absolute Gasteiger partial charge is 0.496 e. The number of hydrogen-bond donors (Lipinski definition) is 1. The van der Waals surface area contributed by atoms with E-state index in [9.17, 15) is 9.59 Å². The third-order valence-corrected chi connectivity index (χ3v) is 20.6. The molecule has 6 aromatic rings. The molecule has 386 valence electrons. The minimum atomic E-state index is -0.770. The lowest BCUT2D eigenvalue weighted by atomic mass is 9.61. The van der Waals surface area contributed by atoms with E-state index in [1.54, 1.807) is 41.1 Å². The molecule has 0 spiro atoms. The van der Waals surface area contributed by atoms with Crippen LogP contribution < -0.4 is 19.9 Å². The van der Waals surface area contributed by atoms with Crippen LogP contribution in [0.5, 0.6) is 5.75 Å². The van der Waals surface area contributed by atoms with Crippen LogP contribution in [0.25, 0.3) is 0 Å². The third kappa shape index (κ3) is 7.04. The van der Waals surface area contributed by atoms with Gasteiger partial charge >= 0.3 is 0 Å². The Hall–Kier alpha value is -6.02. The van der Waals surface area contributed by atoms with Gasteiger partial charge < -0.3 is 10.1 Å². The van der Waals surface area contributed by atoms with Gasteiger partial charge in [-0.15, -0.1) is 34.0 Å². The molecule has 13 heteroatoms. The number of benzene rings is 3. The zero-order chi connectivity index (χ0) is 52.8. The van der Waals surface area contributed by atoms with Crippen LogP contribution in [-0.2, 0) is 30.6 Å². The summed E-state index contributed by atoms with van der Waals surface area (Å²) in [6.45, 7) is 21.9. The molecule has 12 rings (SSSR count). The maximum atomic E-state index is 15.3. The SMILES string of the molecule is CCC1(c2ccc(N3C4=C(C(=O)CC(C)(C)C4)C(CC)(c4ccccc4OC)c4scnc43)cc2)C2=C(CC(C)(C)CC2=O)N(c2ccc(C3(CC)C4=C(CC(C)(C)CC4=O)Nc4ncsc43)c(C)c2)c2ncsc21. The molecule has 0 radical (unpaired) electrons. The molecule has 3 unspecified atom stereocenters. The lowest BCUT2D eigenvalue weighted by Gasteiger charge is -2.49. The fourth-order valence-electron chi connectivity index (χ4n) is 14.7. The van der Waals surface area contributed by atoms with Crippen LogP contribution >= 0.6 is 34.0 Å². The Bertz CT molecular complexity index is 3510. The molecule has 75 heavy (non-hydrogen) atoms. The fraction of sp³-hybridized carbons (Fsp3) is 0.419. The van der Waals surface area contributed by atoms with Gasteiger partial charge in [-0.05, 0) is 109 Å². The van der Waals surface area contributed by atoms with E-state index in [0.717, 1.165) is 112 Å². The highest BCUT2D eigenvalue weighted by molar-refractivity contribution is 7.11. The Morgan fingerprint density at radius 2 is 1.05 bits per heavy atom. The van der Waals surface area contributed by atoms with Crippen molar-refractivity contribution < 1.29 is 19.1 Å². The molecule has 0 fully saturated rings. The Kier molecular flexibility index (Phi) is 11.5. The van der Waals surface area contributed by atoms with Crippen molar-refractivity contribution >= 4 is 80.2 Å². The number of nitrogens with zero attached hydrogens (tertiary/aromatic N) is 5. The van der Waals surface area contributed by atoms with Gasteiger partial charge in [-0.25, -0.2) is 15.0 Å². The van der Waals surface area contributed by atoms with Crippen molar-refractivity contribution in [2.24, 2.45) is 16.2 Å². The van der Waals surface area contributed by atoms with Gasteiger partial charge in [0.1, 0.15) is 11.6 Å². The molecule has 6 aliphatic rings. The number of ether oxygens (including phenoxy) is 1. The predicted octanol–water partition coefficient (Wildman–Crippen LogP) is 15.1. The number of methoxy groups -OCH3 is 1. The summed E-state index contributed by atoms with van der Waals surface area (Å²) in [5, 5.41) is 3.62. The number of carbonyl (C=O) groups excluding carboxylic acids is 3. The Morgan fingerprint density at radius 1 is 0.560 bits per heavy atom. The molecule has 3 aromatic heterocycles. The first kappa shape index (κ1) is 49.8. The maximum Gasteiger partial charge on any atom is 0.162 e. The third-order valence-electron chi connectivity index (χ3n) is 17.6. The number of nitrogens with one attached hydrogen (secondary N) is 1. The van der Waals surface area contributed by atoms with E-state index in [2.05, 4.69) is 133 Å². The van der Waals surface area contributed by atoms with Gasteiger partial charge in [-0.1, -0.05) is 98.7 Å². The number of allylic oxidation sites excluding steroid dienone is 6. The number of thiazole rings is 3. The summed E-state index contributed by atoms with van der Waals surface area (Å²) in [4.78, 5) is 67.6. The first-order valence-electron chi connectivity index (χ1n) is 26.6. The second kappa shape index (κ2) is 17.2. The van der Waals surface area contributed by atoms with Crippen molar-refractivity contribution in [2.45, 2.75) is 143 Å². The number of ketones is 3. The van der Waals surface area contributed by atoms with Gasteiger partial charge in [0.05, 0.1) is 54.5 Å². The van der Waals surface area contributed by atoms with E-state index in [4.69, 9.17) is 19.7 Å². The molecule has 10 nitrogen and oxygen atoms in total. The van der Waals surface area contributed by atoms with Crippen LogP contribution in [0.2, 0.25) is 0 Å². The predicted molar refractivity (Wildman–Crippen MR) is 303 cm³/mol. The van der Waals surface area contributed by atoms with E-state index < -0.39 is 16.2 Å². The van der Waals surface area contributed by atoms with Crippen LogP contribution in [0.1, 0.15) is 157 Å². The van der Waals surface area contributed by atoms with E-state index >= 15 is 4.79 Å². The van der Waals surface area contributed by atoms with Gasteiger partial charge in [-0.2, -0.15) is 0 Å². The fourth-order valence-corrected chi connectivity index (χ4v) is 17.9. The Balaban J connectivity index is 0.999. The Labute approximate surface area is 453 Å². The normalized spacial score (nSPS) is 25.3. The standard InChI is InChI=1S/C62H66N6O4S3/c1-12-60(36-19-21-37(22-20-36)67-43-28-59(9,10)31-46(71)50(43)62(14-3,53-56(67)65-34-75-53)40-17-15-16-18-47(40)72-11)49-42(27-58(7,8)30-45(49)70)68(55-52(60)74-33-64-55)38-23-24-39(35(4)25-38)61(13-2)48-41(26-57(5,6)29-44(48)69)66-54-51(61)73-32-63-54/h15-25,32-34,66H,12-14,26-31H2,1-11H3.